The van der Waals surface area contributed by atoms with Gasteiger partial charge in [-0.05, 0) is 62.4 Å². The highest BCUT2D eigenvalue weighted by atomic mass is 16.1. The van der Waals surface area contributed by atoms with E-state index in [-0.39, 0.29) is 11.1 Å². The maximum atomic E-state index is 13.3. The minimum absolute atomic E-state index is 0.0745. The molecule has 0 fully saturated rings. The monoisotopic (exact) mass is 357 g/mol. The molecule has 4 heteroatoms. The molecule has 3 heterocycles. The fourth-order valence-electron chi connectivity index (χ4n) is 3.84. The molecule has 0 radical (unpaired) electrons. The zero-order valence-corrected chi connectivity index (χ0v) is 15.8. The third-order valence-electron chi connectivity index (χ3n) is 5.61. The summed E-state index contributed by atoms with van der Waals surface area (Å²) in [7, 11) is 0. The standard InChI is InChI=1S/C23H23N3O/c1-3-23(2)14-6-4-9-21-25-20-16-17(10-12-18-8-5-7-15-24-18)11-13-19(20)22(27)26(21)23/h5,7-8,11,13,15-16H,3-4,6,9,14H2,1-2H3. The second-order valence-corrected chi connectivity index (χ2v) is 7.42. The third kappa shape index (κ3) is 3.26. The molecule has 0 aliphatic carbocycles. The molecule has 0 amide bonds. The summed E-state index contributed by atoms with van der Waals surface area (Å²) >= 11 is 0. The SMILES string of the molecule is CCC1(C)CCCCc2nc3cc(C#Cc4ccccn4)ccc3c(=O)n21. The number of benzene rings is 1. The van der Waals surface area contributed by atoms with Crippen molar-refractivity contribution < 1.29 is 0 Å². The topological polar surface area (TPSA) is 47.8 Å². The molecule has 1 atom stereocenters. The van der Waals surface area contributed by atoms with E-state index in [0.29, 0.717) is 5.39 Å². The molecule has 3 aromatic rings. The summed E-state index contributed by atoms with van der Waals surface area (Å²) < 4.78 is 1.96. The molecule has 4 rings (SSSR count). The van der Waals surface area contributed by atoms with Crippen LogP contribution in [0.25, 0.3) is 10.9 Å². The van der Waals surface area contributed by atoms with Crippen molar-refractivity contribution in [3.8, 4) is 11.8 Å². The molecule has 136 valence electrons. The van der Waals surface area contributed by atoms with Crippen LogP contribution < -0.4 is 5.56 Å². The van der Waals surface area contributed by atoms with E-state index < -0.39 is 0 Å². The maximum absolute atomic E-state index is 13.3. The van der Waals surface area contributed by atoms with Crippen LogP contribution in [-0.4, -0.2) is 14.5 Å². The summed E-state index contributed by atoms with van der Waals surface area (Å²) in [6.45, 7) is 4.34. The summed E-state index contributed by atoms with van der Waals surface area (Å²) in [6, 6.07) is 11.3. The van der Waals surface area contributed by atoms with Gasteiger partial charge in [0.15, 0.2) is 0 Å². The Morgan fingerprint density at radius 2 is 2.07 bits per heavy atom. The van der Waals surface area contributed by atoms with Gasteiger partial charge >= 0.3 is 0 Å². The Labute approximate surface area is 159 Å². The Morgan fingerprint density at radius 3 is 2.85 bits per heavy atom. The van der Waals surface area contributed by atoms with E-state index in [1.165, 1.54) is 0 Å². The third-order valence-corrected chi connectivity index (χ3v) is 5.61. The van der Waals surface area contributed by atoms with Crippen LogP contribution in [0.1, 0.15) is 56.6 Å². The summed E-state index contributed by atoms with van der Waals surface area (Å²) in [4.78, 5) is 22.4. The van der Waals surface area contributed by atoms with Crippen molar-refractivity contribution in [2.75, 3.05) is 0 Å². The number of hydrogen-bond acceptors (Lipinski definition) is 3. The van der Waals surface area contributed by atoms with Crippen LogP contribution in [0, 0.1) is 11.8 Å². The van der Waals surface area contributed by atoms with Gasteiger partial charge in [-0.25, -0.2) is 9.97 Å². The van der Waals surface area contributed by atoms with Gasteiger partial charge in [-0.3, -0.25) is 9.36 Å². The highest BCUT2D eigenvalue weighted by Crippen LogP contribution is 2.31. The van der Waals surface area contributed by atoms with Crippen molar-refractivity contribution in [3.05, 3.63) is 70.0 Å². The first-order chi connectivity index (χ1) is 13.1. The predicted octanol–water partition coefficient (Wildman–Crippen LogP) is 4.04. The Bertz CT molecular complexity index is 1110. The highest BCUT2D eigenvalue weighted by molar-refractivity contribution is 5.79. The molecular formula is C23H23N3O. The molecule has 0 bridgehead atoms. The molecule has 2 aromatic heterocycles. The fourth-order valence-corrected chi connectivity index (χ4v) is 3.84. The van der Waals surface area contributed by atoms with Crippen molar-refractivity contribution in [3.63, 3.8) is 0 Å². The lowest BCUT2D eigenvalue weighted by Gasteiger charge is -2.31. The molecule has 1 aromatic carbocycles. The molecule has 0 spiro atoms. The molecule has 0 N–H and O–H groups in total. The van der Waals surface area contributed by atoms with Crippen molar-refractivity contribution in [1.82, 2.24) is 14.5 Å². The number of aromatic nitrogens is 3. The van der Waals surface area contributed by atoms with Gasteiger partial charge in [-0.1, -0.05) is 25.3 Å². The van der Waals surface area contributed by atoms with E-state index in [4.69, 9.17) is 4.98 Å². The van der Waals surface area contributed by atoms with Crippen LogP contribution >= 0.6 is 0 Å². The quantitative estimate of drug-likeness (QED) is 0.618. The van der Waals surface area contributed by atoms with Crippen molar-refractivity contribution >= 4 is 10.9 Å². The molecule has 0 saturated heterocycles. The first-order valence-electron chi connectivity index (χ1n) is 9.60. The van der Waals surface area contributed by atoms with E-state index in [2.05, 4.69) is 30.7 Å². The Balaban J connectivity index is 1.84. The number of fused-ring (bicyclic) bond motifs is 2. The molecule has 1 unspecified atom stereocenters. The lowest BCUT2D eigenvalue weighted by Crippen LogP contribution is -2.40. The van der Waals surface area contributed by atoms with E-state index in [1.807, 2.05) is 41.0 Å². The Morgan fingerprint density at radius 1 is 1.19 bits per heavy atom. The zero-order chi connectivity index (χ0) is 18.9. The van der Waals surface area contributed by atoms with Gasteiger partial charge in [-0.15, -0.1) is 0 Å². The first kappa shape index (κ1) is 17.5. The summed E-state index contributed by atoms with van der Waals surface area (Å²) in [5, 5.41) is 0.670. The summed E-state index contributed by atoms with van der Waals surface area (Å²) in [5.74, 6) is 7.10. The smallest absolute Gasteiger partial charge is 0.261 e. The molecule has 0 saturated carbocycles. The van der Waals surface area contributed by atoms with Crippen LogP contribution in [0.3, 0.4) is 0 Å². The van der Waals surface area contributed by atoms with Crippen LogP contribution in [0.5, 0.6) is 0 Å². The van der Waals surface area contributed by atoms with Crippen molar-refractivity contribution in [2.24, 2.45) is 0 Å². The molecular weight excluding hydrogens is 334 g/mol. The number of pyridine rings is 1. The average molecular weight is 357 g/mol. The summed E-state index contributed by atoms with van der Waals surface area (Å²) in [5.41, 5.74) is 2.23. The molecule has 1 aliphatic heterocycles. The lowest BCUT2D eigenvalue weighted by atomic mass is 9.92. The molecule has 27 heavy (non-hydrogen) atoms. The minimum Gasteiger partial charge on any atom is -0.290 e. The van der Waals surface area contributed by atoms with Crippen molar-refractivity contribution in [1.29, 1.82) is 0 Å². The van der Waals surface area contributed by atoms with Gasteiger partial charge < -0.3 is 0 Å². The zero-order valence-electron chi connectivity index (χ0n) is 15.8. The second-order valence-electron chi connectivity index (χ2n) is 7.42. The van der Waals surface area contributed by atoms with Crippen LogP contribution in [0.2, 0.25) is 0 Å². The Kier molecular flexibility index (Phi) is 4.53. The van der Waals surface area contributed by atoms with Crippen LogP contribution in [-0.2, 0) is 12.0 Å². The van der Waals surface area contributed by atoms with Gasteiger partial charge in [0.2, 0.25) is 0 Å². The average Bonchev–Trinajstić information content (AvgIpc) is 2.86. The lowest BCUT2D eigenvalue weighted by molar-refractivity contribution is 0.271. The number of aryl methyl sites for hydroxylation is 1. The van der Waals surface area contributed by atoms with Gasteiger partial charge in [-0.2, -0.15) is 0 Å². The highest BCUT2D eigenvalue weighted by Gasteiger charge is 2.30. The van der Waals surface area contributed by atoms with Crippen LogP contribution in [0.4, 0.5) is 0 Å². The second kappa shape index (κ2) is 7.00. The first-order valence-corrected chi connectivity index (χ1v) is 9.60. The number of hydrogen-bond donors (Lipinski definition) is 0. The fraction of sp³-hybridized carbons (Fsp3) is 0.348. The predicted molar refractivity (Wildman–Crippen MR) is 108 cm³/mol. The number of rotatable bonds is 1. The van der Waals surface area contributed by atoms with Gasteiger partial charge in [0.25, 0.3) is 5.56 Å². The van der Waals surface area contributed by atoms with Crippen molar-refractivity contribution in [2.45, 2.75) is 51.5 Å². The van der Waals surface area contributed by atoms with E-state index >= 15 is 0 Å². The van der Waals surface area contributed by atoms with Crippen LogP contribution in [0.15, 0.2) is 47.4 Å². The van der Waals surface area contributed by atoms with E-state index in [9.17, 15) is 4.79 Å². The molecule has 1 aliphatic rings. The normalized spacial score (nSPS) is 19.0. The number of nitrogens with zero attached hydrogens (tertiary/aromatic N) is 3. The summed E-state index contributed by atoms with van der Waals surface area (Å²) in [6.07, 6.45) is 6.74. The van der Waals surface area contributed by atoms with Gasteiger partial charge in [0.1, 0.15) is 11.5 Å². The van der Waals surface area contributed by atoms with E-state index in [1.54, 1.807) is 6.20 Å². The minimum atomic E-state index is -0.151. The molecule has 4 nitrogen and oxygen atoms in total. The van der Waals surface area contributed by atoms with Gasteiger partial charge in [0, 0.05) is 23.7 Å². The van der Waals surface area contributed by atoms with E-state index in [0.717, 1.165) is 54.7 Å². The maximum Gasteiger partial charge on any atom is 0.261 e. The largest absolute Gasteiger partial charge is 0.290 e. The van der Waals surface area contributed by atoms with Gasteiger partial charge in [0.05, 0.1) is 10.9 Å². The Hall–Kier alpha value is -2.93.